The number of benzene rings is 2. The molecule has 3 unspecified atom stereocenters. The van der Waals surface area contributed by atoms with Crippen molar-refractivity contribution in [1.82, 2.24) is 9.62 Å². The molecule has 1 saturated heterocycles. The fourth-order valence-corrected chi connectivity index (χ4v) is 5.30. The topological polar surface area (TPSA) is 83.6 Å². The number of sulfonamides is 1. The molecule has 0 radical (unpaired) electrons. The minimum Gasteiger partial charge on any atom is -0.335 e. The van der Waals surface area contributed by atoms with Gasteiger partial charge in [-0.15, -0.1) is 0 Å². The predicted octanol–water partition coefficient (Wildman–Crippen LogP) is 4.11. The number of rotatable bonds is 6. The predicted molar refractivity (Wildman–Crippen MR) is 117 cm³/mol. The third-order valence-corrected chi connectivity index (χ3v) is 7.62. The van der Waals surface area contributed by atoms with Crippen LogP contribution in [0.2, 0.25) is 10.0 Å². The summed E-state index contributed by atoms with van der Waals surface area (Å²) >= 11 is 12.0. The Bertz CT molecular complexity index is 1060. The molecule has 0 spiro atoms. The van der Waals surface area contributed by atoms with Gasteiger partial charge in [0, 0.05) is 23.0 Å². The Kier molecular flexibility index (Phi) is 6.75. The summed E-state index contributed by atoms with van der Waals surface area (Å²) in [7, 11) is -4.05. The maximum atomic E-state index is 12.7. The van der Waals surface area contributed by atoms with Gasteiger partial charge in [0.2, 0.25) is 21.8 Å². The second-order valence-electron chi connectivity index (χ2n) is 7.35. The minimum atomic E-state index is -4.05. The molecule has 0 aromatic heterocycles. The number of hydrogen-bond acceptors (Lipinski definition) is 4. The van der Waals surface area contributed by atoms with Crippen LogP contribution in [0.5, 0.6) is 0 Å². The van der Waals surface area contributed by atoms with Gasteiger partial charge in [-0.05, 0) is 37.1 Å². The number of nitrogens with zero attached hydrogens (tertiary/aromatic N) is 1. The van der Waals surface area contributed by atoms with E-state index in [0.29, 0.717) is 10.6 Å². The lowest BCUT2D eigenvalue weighted by molar-refractivity contribution is -0.130. The number of carbonyl (C=O) groups excluding carboxylic acids is 2. The van der Waals surface area contributed by atoms with E-state index in [1.807, 2.05) is 37.3 Å². The SMILES string of the molecule is CC(c1ccccc1)N1CC(C(=O)NS(=O)(=O)C(C)c2ccc(Cl)cc2Cl)CC1=O. The lowest BCUT2D eigenvalue weighted by atomic mass is 10.1. The van der Waals surface area contributed by atoms with Crippen LogP contribution < -0.4 is 4.72 Å². The normalized spacial score (nSPS) is 18.9. The molecule has 0 saturated carbocycles. The molecular formula is C21H22Cl2N2O4S. The first kappa shape index (κ1) is 22.6. The lowest BCUT2D eigenvalue weighted by Crippen LogP contribution is -2.39. The van der Waals surface area contributed by atoms with Crippen LogP contribution in [-0.4, -0.2) is 31.7 Å². The highest BCUT2D eigenvalue weighted by Gasteiger charge is 2.39. The van der Waals surface area contributed by atoms with Crippen molar-refractivity contribution < 1.29 is 18.0 Å². The third kappa shape index (κ3) is 4.79. The molecule has 2 aromatic rings. The van der Waals surface area contributed by atoms with Crippen LogP contribution in [0.15, 0.2) is 48.5 Å². The van der Waals surface area contributed by atoms with Crippen LogP contribution in [0.1, 0.15) is 42.7 Å². The summed E-state index contributed by atoms with van der Waals surface area (Å²) in [6.45, 7) is 3.48. The van der Waals surface area contributed by atoms with E-state index in [2.05, 4.69) is 4.72 Å². The first-order valence-electron chi connectivity index (χ1n) is 9.45. The number of hydrogen-bond donors (Lipinski definition) is 1. The molecular weight excluding hydrogens is 447 g/mol. The molecule has 2 aromatic carbocycles. The molecule has 1 fully saturated rings. The Morgan fingerprint density at radius 1 is 1.13 bits per heavy atom. The fourth-order valence-electron chi connectivity index (χ4n) is 3.50. The summed E-state index contributed by atoms with van der Waals surface area (Å²) in [5.74, 6) is -1.62. The van der Waals surface area contributed by atoms with Gasteiger partial charge in [0.25, 0.3) is 0 Å². The van der Waals surface area contributed by atoms with E-state index in [-0.39, 0.29) is 29.9 Å². The van der Waals surface area contributed by atoms with Gasteiger partial charge in [-0.1, -0.05) is 59.6 Å². The van der Waals surface area contributed by atoms with Gasteiger partial charge in [-0.2, -0.15) is 0 Å². The minimum absolute atomic E-state index is 0.0331. The van der Waals surface area contributed by atoms with Crippen molar-refractivity contribution in [3.05, 3.63) is 69.7 Å². The molecule has 1 heterocycles. The van der Waals surface area contributed by atoms with E-state index in [1.165, 1.54) is 25.1 Å². The van der Waals surface area contributed by atoms with E-state index in [0.717, 1.165) is 5.56 Å². The van der Waals surface area contributed by atoms with Gasteiger partial charge >= 0.3 is 0 Å². The molecule has 3 atom stereocenters. The second kappa shape index (κ2) is 8.96. The standard InChI is InChI=1S/C21H22Cl2N2O4S/c1-13(15-6-4-3-5-7-15)25-12-16(10-20(25)26)21(27)24-30(28,29)14(2)18-9-8-17(22)11-19(18)23/h3-9,11,13-14,16H,10,12H2,1-2H3,(H,24,27). The summed E-state index contributed by atoms with van der Waals surface area (Å²) in [4.78, 5) is 26.7. The van der Waals surface area contributed by atoms with E-state index in [4.69, 9.17) is 23.2 Å². The van der Waals surface area contributed by atoms with Gasteiger partial charge in [-0.25, -0.2) is 8.42 Å². The average Bonchev–Trinajstić information content (AvgIpc) is 3.09. The van der Waals surface area contributed by atoms with Crippen LogP contribution in [0.4, 0.5) is 0 Å². The van der Waals surface area contributed by atoms with Crippen LogP contribution in [-0.2, 0) is 19.6 Å². The maximum absolute atomic E-state index is 12.7. The lowest BCUT2D eigenvalue weighted by Gasteiger charge is -2.25. The second-order valence-corrected chi connectivity index (χ2v) is 10.2. The van der Waals surface area contributed by atoms with Crippen molar-refractivity contribution in [2.24, 2.45) is 5.92 Å². The molecule has 6 nitrogen and oxygen atoms in total. The average molecular weight is 469 g/mol. The Hall–Kier alpha value is -2.09. The highest BCUT2D eigenvalue weighted by molar-refractivity contribution is 7.90. The zero-order valence-electron chi connectivity index (χ0n) is 16.5. The van der Waals surface area contributed by atoms with Gasteiger partial charge < -0.3 is 4.90 Å². The van der Waals surface area contributed by atoms with Crippen molar-refractivity contribution >= 4 is 45.0 Å². The first-order valence-corrected chi connectivity index (χ1v) is 11.7. The summed E-state index contributed by atoms with van der Waals surface area (Å²) in [5.41, 5.74) is 1.29. The molecule has 1 N–H and O–H groups in total. The molecule has 2 amide bonds. The molecule has 160 valence electrons. The number of nitrogens with one attached hydrogen (secondary N) is 1. The maximum Gasteiger partial charge on any atom is 0.241 e. The summed E-state index contributed by atoms with van der Waals surface area (Å²) in [5, 5.41) is -0.483. The fraction of sp³-hybridized carbons (Fsp3) is 0.333. The van der Waals surface area contributed by atoms with Crippen LogP contribution in [0.25, 0.3) is 0 Å². The Balaban J connectivity index is 1.70. The number of carbonyl (C=O) groups is 2. The summed E-state index contributed by atoms with van der Waals surface area (Å²) < 4.78 is 27.6. The molecule has 0 aliphatic carbocycles. The molecule has 30 heavy (non-hydrogen) atoms. The molecule has 3 rings (SSSR count). The zero-order valence-corrected chi connectivity index (χ0v) is 18.8. The molecule has 1 aliphatic heterocycles. The zero-order chi connectivity index (χ0) is 22.1. The Labute approximate surface area is 186 Å². The largest absolute Gasteiger partial charge is 0.335 e. The molecule has 9 heteroatoms. The first-order chi connectivity index (χ1) is 14.1. The molecule has 0 bridgehead atoms. The Morgan fingerprint density at radius 3 is 2.43 bits per heavy atom. The Morgan fingerprint density at radius 2 is 1.80 bits per heavy atom. The van der Waals surface area contributed by atoms with Crippen molar-refractivity contribution in [2.75, 3.05) is 6.54 Å². The van der Waals surface area contributed by atoms with Crippen LogP contribution in [0.3, 0.4) is 0 Å². The van der Waals surface area contributed by atoms with Crippen molar-refractivity contribution in [3.8, 4) is 0 Å². The summed E-state index contributed by atoms with van der Waals surface area (Å²) in [6, 6.07) is 13.8. The third-order valence-electron chi connectivity index (χ3n) is 5.39. The monoisotopic (exact) mass is 468 g/mol. The highest BCUT2D eigenvalue weighted by atomic mass is 35.5. The van der Waals surface area contributed by atoms with Gasteiger partial charge in [-0.3, -0.25) is 14.3 Å². The van der Waals surface area contributed by atoms with E-state index >= 15 is 0 Å². The smallest absolute Gasteiger partial charge is 0.241 e. The quantitative estimate of drug-likeness (QED) is 0.690. The highest BCUT2D eigenvalue weighted by Crippen LogP contribution is 2.32. The number of halogens is 2. The summed E-state index contributed by atoms with van der Waals surface area (Å²) in [6.07, 6.45) is -0.0331. The van der Waals surface area contributed by atoms with Crippen molar-refractivity contribution in [2.45, 2.75) is 31.6 Å². The van der Waals surface area contributed by atoms with Crippen molar-refractivity contribution in [1.29, 1.82) is 0 Å². The van der Waals surface area contributed by atoms with E-state index in [9.17, 15) is 18.0 Å². The van der Waals surface area contributed by atoms with E-state index < -0.39 is 27.1 Å². The van der Waals surface area contributed by atoms with E-state index in [1.54, 1.807) is 4.90 Å². The van der Waals surface area contributed by atoms with Gasteiger partial charge in [0.1, 0.15) is 5.25 Å². The number of likely N-dealkylation sites (tertiary alicyclic amines) is 1. The molecule has 1 aliphatic rings. The number of amides is 2. The van der Waals surface area contributed by atoms with Crippen LogP contribution in [0, 0.1) is 5.92 Å². The van der Waals surface area contributed by atoms with Gasteiger partial charge in [0.15, 0.2) is 0 Å². The van der Waals surface area contributed by atoms with Gasteiger partial charge in [0.05, 0.1) is 12.0 Å². The van der Waals surface area contributed by atoms with Crippen molar-refractivity contribution in [3.63, 3.8) is 0 Å². The van der Waals surface area contributed by atoms with Crippen LogP contribution >= 0.6 is 23.2 Å².